The summed E-state index contributed by atoms with van der Waals surface area (Å²) >= 11 is 1.06. The van der Waals surface area contributed by atoms with E-state index in [1.807, 2.05) is 13.0 Å². The van der Waals surface area contributed by atoms with Crippen LogP contribution in [0.2, 0.25) is 0 Å². The van der Waals surface area contributed by atoms with Crippen molar-refractivity contribution in [2.45, 2.75) is 13.5 Å². The highest BCUT2D eigenvalue weighted by Crippen LogP contribution is 2.27. The molecule has 3 heterocycles. The number of carboxylic acids is 1. The van der Waals surface area contributed by atoms with Crippen LogP contribution in [0.4, 0.5) is 5.69 Å². The van der Waals surface area contributed by atoms with E-state index in [0.29, 0.717) is 17.0 Å². The first kappa shape index (κ1) is 21.2. The summed E-state index contributed by atoms with van der Waals surface area (Å²) in [5.74, 6) is -0.993. The van der Waals surface area contributed by atoms with Gasteiger partial charge < -0.3 is 15.2 Å². The van der Waals surface area contributed by atoms with E-state index in [9.17, 15) is 19.5 Å². The molecule has 4 rings (SSSR count). The molecule has 0 saturated carbocycles. The van der Waals surface area contributed by atoms with Crippen LogP contribution in [0.3, 0.4) is 0 Å². The maximum Gasteiger partial charge on any atom is 0.337 e. The lowest BCUT2D eigenvalue weighted by molar-refractivity contribution is -0.116. The Morgan fingerprint density at radius 1 is 1.22 bits per heavy atom. The molecule has 162 valence electrons. The second-order valence-corrected chi connectivity index (χ2v) is 7.81. The van der Waals surface area contributed by atoms with E-state index in [1.165, 1.54) is 17.1 Å². The molecule has 3 aromatic heterocycles. The third kappa shape index (κ3) is 3.95. The number of carboxylic acid groups (broad SMARTS) is 1. The molecule has 0 atom stereocenters. The molecule has 0 unspecified atom stereocenters. The molecule has 0 saturated heterocycles. The summed E-state index contributed by atoms with van der Waals surface area (Å²) in [5.41, 5.74) is 1.21. The Morgan fingerprint density at radius 2 is 1.97 bits per heavy atom. The van der Waals surface area contributed by atoms with Crippen LogP contribution in [0.15, 0.2) is 52.9 Å². The Balaban J connectivity index is 1.81. The number of nitrogens with one attached hydrogen (secondary N) is 1. The third-order valence-electron chi connectivity index (χ3n) is 4.79. The number of aromatic nitrogens is 3. The number of rotatable bonds is 6. The normalized spacial score (nSPS) is 10.8. The van der Waals surface area contributed by atoms with Crippen LogP contribution in [0, 0.1) is 6.92 Å². The lowest BCUT2D eigenvalue weighted by Crippen LogP contribution is -2.30. The highest BCUT2D eigenvalue weighted by Gasteiger charge is 2.22. The fourth-order valence-corrected chi connectivity index (χ4v) is 4.21. The van der Waals surface area contributed by atoms with Gasteiger partial charge in [-0.2, -0.15) is 0 Å². The number of nitrogens with zero attached hydrogens (tertiary/aromatic N) is 3. The van der Waals surface area contributed by atoms with E-state index in [-0.39, 0.29) is 28.1 Å². The molecule has 1 aromatic carbocycles. The van der Waals surface area contributed by atoms with Crippen LogP contribution in [0.5, 0.6) is 5.75 Å². The lowest BCUT2D eigenvalue weighted by atomic mass is 10.2. The molecule has 0 aliphatic rings. The van der Waals surface area contributed by atoms with E-state index in [1.54, 1.807) is 36.7 Å². The van der Waals surface area contributed by atoms with Gasteiger partial charge >= 0.3 is 5.97 Å². The molecule has 0 spiro atoms. The standard InChI is InChI=1S/C22H18N4O5S/c1-12-3-4-16(31-2)15(9-12)24-17(27)10-26-19(13-5-7-23-8-6-13)25-20-18(21(26)28)14(11-32-20)22(29)30/h3-9,11H,10H2,1-2H3,(H,24,27)(H,29,30). The van der Waals surface area contributed by atoms with Crippen molar-refractivity contribution < 1.29 is 19.4 Å². The molecule has 10 heteroatoms. The Kier molecular flexibility index (Phi) is 5.69. The minimum Gasteiger partial charge on any atom is -0.495 e. The molecule has 0 aliphatic heterocycles. The molecule has 0 fully saturated rings. The average molecular weight is 450 g/mol. The molecule has 4 aromatic rings. The molecule has 2 N–H and O–H groups in total. The molecule has 0 bridgehead atoms. The number of hydrogen-bond donors (Lipinski definition) is 2. The van der Waals surface area contributed by atoms with Gasteiger partial charge in [-0.05, 0) is 36.8 Å². The summed E-state index contributed by atoms with van der Waals surface area (Å²) in [6, 6.07) is 8.67. The van der Waals surface area contributed by atoms with E-state index >= 15 is 0 Å². The zero-order valence-corrected chi connectivity index (χ0v) is 18.0. The smallest absolute Gasteiger partial charge is 0.337 e. The molecule has 9 nitrogen and oxygen atoms in total. The van der Waals surface area contributed by atoms with Gasteiger partial charge in [0, 0.05) is 23.3 Å². The van der Waals surface area contributed by atoms with Crippen LogP contribution < -0.4 is 15.6 Å². The fourth-order valence-electron chi connectivity index (χ4n) is 3.30. The second-order valence-electron chi connectivity index (χ2n) is 6.95. The van der Waals surface area contributed by atoms with E-state index in [2.05, 4.69) is 15.3 Å². The highest BCUT2D eigenvalue weighted by molar-refractivity contribution is 7.17. The van der Waals surface area contributed by atoms with E-state index in [4.69, 9.17) is 4.74 Å². The van der Waals surface area contributed by atoms with Crippen molar-refractivity contribution in [3.63, 3.8) is 0 Å². The number of aryl methyl sites for hydroxylation is 1. The van der Waals surface area contributed by atoms with Gasteiger partial charge in [0.1, 0.15) is 22.9 Å². The fraction of sp³-hybridized carbons (Fsp3) is 0.136. The van der Waals surface area contributed by atoms with Crippen LogP contribution >= 0.6 is 11.3 Å². The zero-order chi connectivity index (χ0) is 22.8. The average Bonchev–Trinajstić information content (AvgIpc) is 3.21. The van der Waals surface area contributed by atoms with Gasteiger partial charge in [0.15, 0.2) is 0 Å². The van der Waals surface area contributed by atoms with Crippen molar-refractivity contribution in [3.05, 3.63) is 69.6 Å². The number of hydrogen-bond acceptors (Lipinski definition) is 7. The largest absolute Gasteiger partial charge is 0.495 e. The lowest BCUT2D eigenvalue weighted by Gasteiger charge is -2.14. The first-order valence-electron chi connectivity index (χ1n) is 9.49. The number of methoxy groups -OCH3 is 1. The van der Waals surface area contributed by atoms with Crippen molar-refractivity contribution in [3.8, 4) is 17.1 Å². The van der Waals surface area contributed by atoms with Gasteiger partial charge in [-0.1, -0.05) is 6.07 Å². The van der Waals surface area contributed by atoms with E-state index in [0.717, 1.165) is 16.9 Å². The van der Waals surface area contributed by atoms with Gasteiger partial charge in [0.2, 0.25) is 5.91 Å². The Hall–Kier alpha value is -4.05. The summed E-state index contributed by atoms with van der Waals surface area (Å²) in [5, 5.41) is 13.6. The van der Waals surface area contributed by atoms with Crippen molar-refractivity contribution in [2.75, 3.05) is 12.4 Å². The minimum atomic E-state index is -1.23. The van der Waals surface area contributed by atoms with Gasteiger partial charge in [-0.15, -0.1) is 11.3 Å². The topological polar surface area (TPSA) is 123 Å². The number of fused-ring (bicyclic) bond motifs is 1. The maximum atomic E-state index is 13.3. The van der Waals surface area contributed by atoms with Gasteiger partial charge in [0.25, 0.3) is 5.56 Å². The first-order chi connectivity index (χ1) is 15.4. The van der Waals surface area contributed by atoms with Crippen molar-refractivity contribution in [1.82, 2.24) is 14.5 Å². The van der Waals surface area contributed by atoms with Crippen LogP contribution in [0.25, 0.3) is 21.6 Å². The summed E-state index contributed by atoms with van der Waals surface area (Å²) in [6.45, 7) is 1.51. The molecular weight excluding hydrogens is 432 g/mol. The number of carbonyl (C=O) groups excluding carboxylic acids is 1. The quantitative estimate of drug-likeness (QED) is 0.462. The van der Waals surface area contributed by atoms with Gasteiger partial charge in [0.05, 0.1) is 23.7 Å². The van der Waals surface area contributed by atoms with Crippen molar-refractivity contribution >= 4 is 39.1 Å². The van der Waals surface area contributed by atoms with Crippen molar-refractivity contribution in [2.24, 2.45) is 0 Å². The molecule has 0 radical (unpaired) electrons. The van der Waals surface area contributed by atoms with Crippen LogP contribution in [-0.4, -0.2) is 38.6 Å². The molecular formula is C22H18N4O5S. The summed E-state index contributed by atoms with van der Waals surface area (Å²) in [4.78, 5) is 46.6. The summed E-state index contributed by atoms with van der Waals surface area (Å²) in [6.07, 6.45) is 3.09. The Labute approximate surface area is 186 Å². The number of thiophene rings is 1. The second kappa shape index (κ2) is 8.60. The number of ether oxygens (including phenoxy) is 1. The number of amides is 1. The summed E-state index contributed by atoms with van der Waals surface area (Å²) in [7, 11) is 1.49. The van der Waals surface area contributed by atoms with Crippen molar-refractivity contribution in [1.29, 1.82) is 0 Å². The summed E-state index contributed by atoms with van der Waals surface area (Å²) < 4.78 is 6.47. The van der Waals surface area contributed by atoms with E-state index < -0.39 is 17.4 Å². The molecule has 0 aliphatic carbocycles. The zero-order valence-electron chi connectivity index (χ0n) is 17.2. The number of benzene rings is 1. The predicted molar refractivity (Wildman–Crippen MR) is 120 cm³/mol. The van der Waals surface area contributed by atoms with Gasteiger partial charge in [-0.3, -0.25) is 19.1 Å². The van der Waals surface area contributed by atoms with Gasteiger partial charge in [-0.25, -0.2) is 9.78 Å². The number of aromatic carboxylic acids is 1. The minimum absolute atomic E-state index is 0.0266. The van der Waals surface area contributed by atoms with Crippen LogP contribution in [0.1, 0.15) is 15.9 Å². The number of anilines is 1. The Morgan fingerprint density at radius 3 is 2.66 bits per heavy atom. The number of pyridine rings is 1. The maximum absolute atomic E-state index is 13.3. The molecule has 1 amide bonds. The third-order valence-corrected chi connectivity index (χ3v) is 5.67. The number of carbonyl (C=O) groups is 2. The van der Waals surface area contributed by atoms with Crippen LogP contribution in [-0.2, 0) is 11.3 Å². The monoisotopic (exact) mass is 450 g/mol. The molecule has 32 heavy (non-hydrogen) atoms. The highest BCUT2D eigenvalue weighted by atomic mass is 32.1. The SMILES string of the molecule is COc1ccc(C)cc1NC(=O)Cn1c(-c2ccncc2)nc2scc(C(=O)O)c2c1=O. The first-order valence-corrected chi connectivity index (χ1v) is 10.4. The predicted octanol–water partition coefficient (Wildman–Crippen LogP) is 3.17. The Bertz CT molecular complexity index is 1390.